The summed E-state index contributed by atoms with van der Waals surface area (Å²) in [5, 5.41) is 3.84. The van der Waals surface area contributed by atoms with E-state index in [-0.39, 0.29) is 19.0 Å². The Morgan fingerprint density at radius 3 is 2.42 bits per heavy atom. The number of benzene rings is 2. The number of carbonyl (C=O) groups is 3. The maximum absolute atomic E-state index is 12.9. The number of aromatic nitrogens is 1. The fraction of sp³-hybridized carbons (Fsp3) is 0.292. The van der Waals surface area contributed by atoms with E-state index in [1.807, 2.05) is 29.2 Å². The van der Waals surface area contributed by atoms with Crippen LogP contribution in [0.2, 0.25) is 5.02 Å². The van der Waals surface area contributed by atoms with Crippen molar-refractivity contribution >= 4 is 40.1 Å². The molecule has 7 heteroatoms. The minimum atomic E-state index is -0.704. The van der Waals surface area contributed by atoms with E-state index in [2.05, 4.69) is 5.32 Å². The summed E-state index contributed by atoms with van der Waals surface area (Å²) >= 11 is 6.12. The summed E-state index contributed by atoms with van der Waals surface area (Å²) in [6.07, 6.45) is 4.81. The molecule has 0 spiro atoms. The van der Waals surface area contributed by atoms with Crippen LogP contribution in [0, 0.1) is 0 Å². The number of Topliss-reactive ketones (excluding diaryl/α,β-unsaturated/α-hetero) is 1. The van der Waals surface area contributed by atoms with Crippen molar-refractivity contribution < 1.29 is 14.4 Å². The van der Waals surface area contributed by atoms with Gasteiger partial charge >= 0.3 is 0 Å². The van der Waals surface area contributed by atoms with E-state index < -0.39 is 11.7 Å². The normalized spacial score (nSPS) is 13.9. The molecule has 2 aromatic carbocycles. The number of para-hydroxylation sites is 1. The molecule has 6 nitrogen and oxygen atoms in total. The van der Waals surface area contributed by atoms with Crippen molar-refractivity contribution in [3.8, 4) is 0 Å². The molecule has 4 rings (SSSR count). The van der Waals surface area contributed by atoms with Gasteiger partial charge in [-0.1, -0.05) is 48.0 Å². The molecule has 2 heterocycles. The number of hydrogen-bond donors (Lipinski definition) is 1. The highest BCUT2D eigenvalue weighted by Gasteiger charge is 2.23. The third kappa shape index (κ3) is 4.64. The van der Waals surface area contributed by atoms with E-state index in [1.54, 1.807) is 35.0 Å². The van der Waals surface area contributed by atoms with Crippen LogP contribution in [0.25, 0.3) is 10.9 Å². The second-order valence-electron chi connectivity index (χ2n) is 7.73. The molecule has 1 aromatic heterocycles. The van der Waals surface area contributed by atoms with Crippen molar-refractivity contribution in [3.05, 3.63) is 70.9 Å². The highest BCUT2D eigenvalue weighted by atomic mass is 35.5. The van der Waals surface area contributed by atoms with Crippen molar-refractivity contribution in [2.24, 2.45) is 0 Å². The van der Waals surface area contributed by atoms with Crippen LogP contribution in [-0.4, -0.2) is 40.2 Å². The molecule has 0 saturated carbocycles. The number of carbonyl (C=O) groups excluding carboxylic acids is 3. The zero-order valence-electron chi connectivity index (χ0n) is 17.1. The van der Waals surface area contributed by atoms with Crippen molar-refractivity contribution in [1.29, 1.82) is 0 Å². The number of amides is 2. The molecular weight excluding hydrogens is 414 g/mol. The lowest BCUT2D eigenvalue weighted by Gasteiger charge is -2.27. The minimum absolute atomic E-state index is 0.0302. The lowest BCUT2D eigenvalue weighted by Crippen LogP contribution is -2.37. The van der Waals surface area contributed by atoms with Crippen LogP contribution in [0.15, 0.2) is 54.7 Å². The fourth-order valence-electron chi connectivity index (χ4n) is 3.97. The number of nitrogens with zero attached hydrogens (tertiary/aromatic N) is 2. The van der Waals surface area contributed by atoms with E-state index >= 15 is 0 Å². The maximum Gasteiger partial charge on any atom is 0.292 e. The predicted octanol–water partition coefficient (Wildman–Crippen LogP) is 3.81. The van der Waals surface area contributed by atoms with E-state index in [0.717, 1.165) is 43.4 Å². The Morgan fingerprint density at radius 2 is 1.65 bits per heavy atom. The molecule has 2 amide bonds. The van der Waals surface area contributed by atoms with Crippen LogP contribution in [0.1, 0.15) is 35.2 Å². The highest BCUT2D eigenvalue weighted by molar-refractivity contribution is 6.45. The van der Waals surface area contributed by atoms with Crippen molar-refractivity contribution in [2.45, 2.75) is 32.4 Å². The molecular formula is C24H24ClN3O3. The first-order valence-corrected chi connectivity index (χ1v) is 10.8. The van der Waals surface area contributed by atoms with Gasteiger partial charge in [0.25, 0.3) is 11.7 Å². The van der Waals surface area contributed by atoms with Gasteiger partial charge in [0.1, 0.15) is 6.54 Å². The van der Waals surface area contributed by atoms with Gasteiger partial charge in [0.05, 0.1) is 5.56 Å². The summed E-state index contributed by atoms with van der Waals surface area (Å²) in [4.78, 5) is 40.1. The lowest BCUT2D eigenvalue weighted by atomic mass is 10.1. The summed E-state index contributed by atoms with van der Waals surface area (Å²) in [5.41, 5.74) is 1.79. The molecule has 3 aromatic rings. The molecule has 0 atom stereocenters. The molecule has 0 bridgehead atoms. The Hall–Kier alpha value is -3.12. The van der Waals surface area contributed by atoms with Gasteiger partial charge in [0.15, 0.2) is 0 Å². The first kappa shape index (κ1) is 21.1. The number of ketones is 1. The third-order valence-corrected chi connectivity index (χ3v) is 6.02. The summed E-state index contributed by atoms with van der Waals surface area (Å²) in [6.45, 7) is 1.86. The fourth-order valence-corrected chi connectivity index (χ4v) is 4.17. The number of rotatable bonds is 6. The second kappa shape index (κ2) is 9.35. The summed E-state index contributed by atoms with van der Waals surface area (Å²) < 4.78 is 1.76. The first-order valence-electron chi connectivity index (χ1n) is 10.5. The van der Waals surface area contributed by atoms with Crippen LogP contribution in [0.4, 0.5) is 0 Å². The molecule has 160 valence electrons. The van der Waals surface area contributed by atoms with Crippen molar-refractivity contribution in [3.63, 3.8) is 0 Å². The number of hydrogen-bond acceptors (Lipinski definition) is 3. The molecule has 1 saturated heterocycles. The zero-order chi connectivity index (χ0) is 21.8. The van der Waals surface area contributed by atoms with Gasteiger partial charge in [-0.2, -0.15) is 0 Å². The quantitative estimate of drug-likeness (QED) is 0.471. The summed E-state index contributed by atoms with van der Waals surface area (Å²) in [5.74, 6) is -1.31. The number of likely N-dealkylation sites (tertiary alicyclic amines) is 1. The maximum atomic E-state index is 12.9. The van der Waals surface area contributed by atoms with Gasteiger partial charge in [0, 0.05) is 41.8 Å². The van der Waals surface area contributed by atoms with Gasteiger partial charge in [-0.15, -0.1) is 0 Å². The van der Waals surface area contributed by atoms with Gasteiger partial charge in [-0.05, 0) is 37.0 Å². The molecule has 1 aliphatic heterocycles. The van der Waals surface area contributed by atoms with Gasteiger partial charge < -0.3 is 14.8 Å². The lowest BCUT2D eigenvalue weighted by molar-refractivity contribution is -0.132. The largest absolute Gasteiger partial charge is 0.345 e. The highest BCUT2D eigenvalue weighted by Crippen LogP contribution is 2.23. The smallest absolute Gasteiger partial charge is 0.292 e. The van der Waals surface area contributed by atoms with E-state index in [9.17, 15) is 14.4 Å². The SMILES string of the molecule is O=C(NCc1ccccc1Cl)C(=O)c1cn(CC(=O)N2CCCCC2)c2ccccc12. The Kier molecular flexibility index (Phi) is 6.37. The van der Waals surface area contributed by atoms with Crippen molar-refractivity contribution in [2.75, 3.05) is 13.1 Å². The minimum Gasteiger partial charge on any atom is -0.345 e. The van der Waals surface area contributed by atoms with E-state index in [4.69, 9.17) is 11.6 Å². The Labute approximate surface area is 185 Å². The topological polar surface area (TPSA) is 71.4 Å². The molecule has 1 N–H and O–H groups in total. The molecule has 0 unspecified atom stereocenters. The van der Waals surface area contributed by atoms with Crippen molar-refractivity contribution in [1.82, 2.24) is 14.8 Å². The van der Waals surface area contributed by atoms with Gasteiger partial charge in [0.2, 0.25) is 5.91 Å². The van der Waals surface area contributed by atoms with Gasteiger partial charge in [-0.25, -0.2) is 0 Å². The third-order valence-electron chi connectivity index (χ3n) is 5.65. The average molecular weight is 438 g/mol. The average Bonchev–Trinajstić information content (AvgIpc) is 3.16. The monoisotopic (exact) mass is 437 g/mol. The van der Waals surface area contributed by atoms with E-state index in [1.165, 1.54) is 0 Å². The van der Waals surface area contributed by atoms with E-state index in [0.29, 0.717) is 16.0 Å². The standard InChI is InChI=1S/C24H24ClN3O3/c25-20-10-4-2-8-17(20)14-26-24(31)23(30)19-15-28(21-11-5-3-9-18(19)21)16-22(29)27-12-6-1-7-13-27/h2-5,8-11,15H,1,6-7,12-14,16H2,(H,26,31). The van der Waals surface area contributed by atoms with Crippen LogP contribution in [0.5, 0.6) is 0 Å². The van der Waals surface area contributed by atoms with Gasteiger partial charge in [-0.3, -0.25) is 14.4 Å². The molecule has 1 aliphatic rings. The summed E-state index contributed by atoms with van der Waals surface area (Å²) in [7, 11) is 0. The number of piperidine rings is 1. The number of halogens is 1. The molecule has 1 fully saturated rings. The van der Waals surface area contributed by atoms with Crippen LogP contribution in [0.3, 0.4) is 0 Å². The number of fused-ring (bicyclic) bond motifs is 1. The summed E-state index contributed by atoms with van der Waals surface area (Å²) in [6, 6.07) is 14.5. The number of nitrogens with one attached hydrogen (secondary N) is 1. The molecule has 0 aliphatic carbocycles. The van der Waals surface area contributed by atoms with Crippen LogP contribution < -0.4 is 5.32 Å². The Balaban J connectivity index is 1.53. The Bertz CT molecular complexity index is 1130. The Morgan fingerprint density at radius 1 is 0.935 bits per heavy atom. The second-order valence-corrected chi connectivity index (χ2v) is 8.14. The van der Waals surface area contributed by atoms with Crippen LogP contribution >= 0.6 is 11.6 Å². The van der Waals surface area contributed by atoms with Crippen LogP contribution in [-0.2, 0) is 22.7 Å². The zero-order valence-corrected chi connectivity index (χ0v) is 17.9. The molecule has 0 radical (unpaired) electrons. The first-order chi connectivity index (χ1) is 15.0. The predicted molar refractivity (Wildman–Crippen MR) is 120 cm³/mol. The molecule has 31 heavy (non-hydrogen) atoms.